The molecule has 6 heteroatoms. The number of thioether (sulfide) groups is 1. The average molecular weight is 286 g/mol. The quantitative estimate of drug-likeness (QED) is 0.478. The highest BCUT2D eigenvalue weighted by Crippen LogP contribution is 2.16. The fourth-order valence-electron chi connectivity index (χ4n) is 1.37. The number of hydrogen-bond donors (Lipinski definition) is 2. The normalized spacial score (nSPS) is 11.7. The van der Waals surface area contributed by atoms with E-state index in [1.807, 2.05) is 18.7 Å². The largest absolute Gasteiger partial charge is 0.357 e. The fourth-order valence-corrected chi connectivity index (χ4v) is 2.53. The first-order valence-corrected chi connectivity index (χ1v) is 8.32. The number of thiazole rings is 1. The van der Waals surface area contributed by atoms with Gasteiger partial charge in [0.2, 0.25) is 0 Å². The monoisotopic (exact) mass is 286 g/mol. The third kappa shape index (κ3) is 5.27. The zero-order valence-corrected chi connectivity index (χ0v) is 13.2. The van der Waals surface area contributed by atoms with Crippen LogP contribution < -0.4 is 10.6 Å². The summed E-state index contributed by atoms with van der Waals surface area (Å²) in [6, 6.07) is 0. The first-order chi connectivity index (χ1) is 8.67. The van der Waals surface area contributed by atoms with E-state index in [-0.39, 0.29) is 0 Å². The molecule has 0 aliphatic heterocycles. The molecule has 2 N–H and O–H groups in total. The Labute approximate surface area is 118 Å². The predicted molar refractivity (Wildman–Crippen MR) is 82.8 cm³/mol. The second-order valence-electron chi connectivity index (χ2n) is 3.86. The maximum atomic E-state index is 4.54. The summed E-state index contributed by atoms with van der Waals surface area (Å²) < 4.78 is 0. The van der Waals surface area contributed by atoms with Crippen LogP contribution in [0.1, 0.15) is 22.5 Å². The maximum absolute atomic E-state index is 4.54. The number of guanidine groups is 1. The molecule has 0 saturated carbocycles. The van der Waals surface area contributed by atoms with Gasteiger partial charge in [-0.2, -0.15) is 11.8 Å². The molecule has 0 aromatic carbocycles. The van der Waals surface area contributed by atoms with Gasteiger partial charge in [0, 0.05) is 23.7 Å². The molecule has 18 heavy (non-hydrogen) atoms. The lowest BCUT2D eigenvalue weighted by atomic mass is 10.4. The van der Waals surface area contributed by atoms with Crippen molar-refractivity contribution in [1.29, 1.82) is 0 Å². The molecule has 0 radical (unpaired) electrons. The van der Waals surface area contributed by atoms with Gasteiger partial charge in [0.25, 0.3) is 0 Å². The van der Waals surface area contributed by atoms with E-state index in [1.54, 1.807) is 11.3 Å². The zero-order chi connectivity index (χ0) is 13.4. The molecular formula is C12H22N4S2. The third-order valence-electron chi connectivity index (χ3n) is 2.39. The summed E-state index contributed by atoms with van der Waals surface area (Å²) in [4.78, 5) is 10.3. The van der Waals surface area contributed by atoms with Crippen molar-refractivity contribution in [2.24, 2.45) is 4.99 Å². The Morgan fingerprint density at radius 1 is 1.39 bits per heavy atom. The molecule has 0 aliphatic carbocycles. The van der Waals surface area contributed by atoms with Gasteiger partial charge >= 0.3 is 0 Å². The molecule has 0 fully saturated rings. The number of aliphatic imine (C=N–C) groups is 1. The summed E-state index contributed by atoms with van der Waals surface area (Å²) in [6.07, 6.45) is 2.10. The van der Waals surface area contributed by atoms with Gasteiger partial charge in [0.15, 0.2) is 5.96 Å². The molecular weight excluding hydrogens is 264 g/mol. The minimum atomic E-state index is 0.647. The van der Waals surface area contributed by atoms with Gasteiger partial charge in [0.05, 0.1) is 12.2 Å². The highest BCUT2D eigenvalue weighted by atomic mass is 32.2. The Balaban J connectivity index is 2.53. The molecule has 0 spiro atoms. The molecule has 0 atom stereocenters. The van der Waals surface area contributed by atoms with Crippen LogP contribution in [0, 0.1) is 13.8 Å². The lowest BCUT2D eigenvalue weighted by Crippen LogP contribution is -2.38. The summed E-state index contributed by atoms with van der Waals surface area (Å²) in [6.45, 7) is 8.67. The van der Waals surface area contributed by atoms with E-state index in [2.05, 4.69) is 40.7 Å². The summed E-state index contributed by atoms with van der Waals surface area (Å²) >= 11 is 3.55. The number of aryl methyl sites for hydroxylation is 2. The Bertz CT molecular complexity index is 368. The van der Waals surface area contributed by atoms with Crippen LogP contribution in [0.25, 0.3) is 0 Å². The van der Waals surface area contributed by atoms with Crippen LogP contribution in [-0.4, -0.2) is 36.0 Å². The van der Waals surface area contributed by atoms with E-state index in [9.17, 15) is 0 Å². The van der Waals surface area contributed by atoms with Crippen molar-refractivity contribution in [2.45, 2.75) is 27.3 Å². The molecule has 1 rings (SSSR count). The standard InChI is InChI=1S/C12H22N4S2/c1-5-13-12(14-6-7-17-4)15-8-11-16-9(2)10(3)18-11/h5-8H2,1-4H3,(H2,13,14,15). The summed E-state index contributed by atoms with van der Waals surface area (Å²) in [5, 5.41) is 7.62. The molecule has 1 aromatic heterocycles. The van der Waals surface area contributed by atoms with Crippen LogP contribution in [0.4, 0.5) is 0 Å². The zero-order valence-electron chi connectivity index (χ0n) is 11.5. The van der Waals surface area contributed by atoms with Crippen LogP contribution in [0.2, 0.25) is 0 Å². The van der Waals surface area contributed by atoms with E-state index in [0.717, 1.165) is 35.5 Å². The van der Waals surface area contributed by atoms with Crippen LogP contribution in [0.3, 0.4) is 0 Å². The fraction of sp³-hybridized carbons (Fsp3) is 0.667. The molecule has 0 saturated heterocycles. The lowest BCUT2D eigenvalue weighted by Gasteiger charge is -2.09. The van der Waals surface area contributed by atoms with Gasteiger partial charge in [-0.1, -0.05) is 0 Å². The maximum Gasteiger partial charge on any atom is 0.191 e. The van der Waals surface area contributed by atoms with Crippen molar-refractivity contribution >= 4 is 29.1 Å². The second kappa shape index (κ2) is 8.37. The van der Waals surface area contributed by atoms with Gasteiger partial charge in [-0.15, -0.1) is 11.3 Å². The molecule has 0 bridgehead atoms. The van der Waals surface area contributed by atoms with Crippen LogP contribution >= 0.6 is 23.1 Å². The average Bonchev–Trinajstić information content (AvgIpc) is 2.66. The van der Waals surface area contributed by atoms with Crippen LogP contribution in [-0.2, 0) is 6.54 Å². The number of nitrogens with zero attached hydrogens (tertiary/aromatic N) is 2. The van der Waals surface area contributed by atoms with Crippen molar-refractivity contribution in [3.63, 3.8) is 0 Å². The number of hydrogen-bond acceptors (Lipinski definition) is 4. The molecule has 0 unspecified atom stereocenters. The Kier molecular flexibility index (Phi) is 7.12. The van der Waals surface area contributed by atoms with Crippen molar-refractivity contribution in [3.05, 3.63) is 15.6 Å². The highest BCUT2D eigenvalue weighted by Gasteiger charge is 2.03. The Morgan fingerprint density at radius 2 is 2.17 bits per heavy atom. The number of rotatable bonds is 6. The summed E-state index contributed by atoms with van der Waals surface area (Å²) in [5.74, 6) is 1.96. The van der Waals surface area contributed by atoms with Gasteiger partial charge in [-0.05, 0) is 27.0 Å². The first kappa shape index (κ1) is 15.3. The molecule has 0 aliphatic rings. The predicted octanol–water partition coefficient (Wildman–Crippen LogP) is 2.18. The van der Waals surface area contributed by atoms with Crippen LogP contribution in [0.5, 0.6) is 0 Å². The van der Waals surface area contributed by atoms with Crippen molar-refractivity contribution in [3.8, 4) is 0 Å². The lowest BCUT2D eigenvalue weighted by molar-refractivity contribution is 0.841. The molecule has 1 aromatic rings. The third-order valence-corrected chi connectivity index (χ3v) is 4.06. The van der Waals surface area contributed by atoms with Gasteiger partial charge in [-0.25, -0.2) is 9.98 Å². The minimum absolute atomic E-state index is 0.647. The number of aromatic nitrogens is 1. The van der Waals surface area contributed by atoms with E-state index >= 15 is 0 Å². The first-order valence-electron chi connectivity index (χ1n) is 6.11. The smallest absolute Gasteiger partial charge is 0.191 e. The van der Waals surface area contributed by atoms with E-state index in [1.165, 1.54) is 4.88 Å². The summed E-state index contributed by atoms with van der Waals surface area (Å²) in [7, 11) is 0. The summed E-state index contributed by atoms with van der Waals surface area (Å²) in [5.41, 5.74) is 1.12. The van der Waals surface area contributed by atoms with Crippen molar-refractivity contribution in [1.82, 2.24) is 15.6 Å². The molecule has 102 valence electrons. The Morgan fingerprint density at radius 3 is 2.72 bits per heavy atom. The van der Waals surface area contributed by atoms with Gasteiger partial charge in [0.1, 0.15) is 5.01 Å². The van der Waals surface area contributed by atoms with Gasteiger partial charge in [-0.3, -0.25) is 0 Å². The van der Waals surface area contributed by atoms with Crippen molar-refractivity contribution in [2.75, 3.05) is 25.1 Å². The molecule has 4 nitrogen and oxygen atoms in total. The molecule has 1 heterocycles. The van der Waals surface area contributed by atoms with Crippen molar-refractivity contribution < 1.29 is 0 Å². The van der Waals surface area contributed by atoms with E-state index in [4.69, 9.17) is 0 Å². The number of nitrogens with one attached hydrogen (secondary N) is 2. The van der Waals surface area contributed by atoms with E-state index in [0.29, 0.717) is 6.54 Å². The highest BCUT2D eigenvalue weighted by molar-refractivity contribution is 7.98. The van der Waals surface area contributed by atoms with Gasteiger partial charge < -0.3 is 10.6 Å². The van der Waals surface area contributed by atoms with E-state index < -0.39 is 0 Å². The van der Waals surface area contributed by atoms with Crippen LogP contribution in [0.15, 0.2) is 4.99 Å². The Hall–Kier alpha value is -0.750. The topological polar surface area (TPSA) is 49.3 Å². The second-order valence-corrected chi connectivity index (χ2v) is 6.14. The minimum Gasteiger partial charge on any atom is -0.357 e. The SMILES string of the molecule is CCNC(=NCc1nc(C)c(C)s1)NCCSC. The molecule has 0 amide bonds.